The number of allylic oxidation sites excluding steroid dienone is 2. The van der Waals surface area contributed by atoms with Crippen molar-refractivity contribution < 1.29 is 33.5 Å². The number of nitrogens with one attached hydrogen (secondary N) is 1. The lowest BCUT2D eigenvalue weighted by Gasteiger charge is -2.11. The van der Waals surface area contributed by atoms with Crippen molar-refractivity contribution in [3.8, 4) is 0 Å². The molecule has 1 atom stereocenters. The Kier molecular flexibility index (Phi) is 7.47. The third-order valence-corrected chi connectivity index (χ3v) is 3.38. The van der Waals surface area contributed by atoms with Crippen LogP contribution >= 0.6 is 0 Å². The Morgan fingerprint density at radius 2 is 1.63 bits per heavy atom. The van der Waals surface area contributed by atoms with Gasteiger partial charge in [-0.25, -0.2) is 4.79 Å². The second-order valence-corrected chi connectivity index (χ2v) is 5.87. The number of ether oxygens (including phenoxy) is 1. The van der Waals surface area contributed by atoms with Crippen molar-refractivity contribution in [2.24, 2.45) is 5.92 Å². The first-order chi connectivity index (χ1) is 12.6. The third kappa shape index (κ3) is 5.81. The van der Waals surface area contributed by atoms with E-state index in [0.717, 1.165) is 13.2 Å². The van der Waals surface area contributed by atoms with Crippen molar-refractivity contribution in [1.82, 2.24) is 0 Å². The zero-order valence-electron chi connectivity index (χ0n) is 15.3. The molecule has 1 aromatic rings. The van der Waals surface area contributed by atoms with Gasteiger partial charge in [0.2, 0.25) is 5.78 Å². The number of carbonyl (C=O) groups is 6. The molecule has 0 aliphatic carbocycles. The van der Waals surface area contributed by atoms with Gasteiger partial charge < -0.3 is 10.1 Å². The Labute approximate surface area is 155 Å². The minimum atomic E-state index is -2.14. The number of benzene rings is 1. The van der Waals surface area contributed by atoms with E-state index in [9.17, 15) is 28.8 Å². The van der Waals surface area contributed by atoms with Gasteiger partial charge in [-0.1, -0.05) is 17.7 Å². The first-order valence-electron chi connectivity index (χ1n) is 7.85. The fourth-order valence-electron chi connectivity index (χ4n) is 2.10. The van der Waals surface area contributed by atoms with E-state index in [1.165, 1.54) is 31.2 Å². The molecule has 1 aromatic carbocycles. The Morgan fingerprint density at radius 1 is 1.00 bits per heavy atom. The number of anilines is 1. The van der Waals surface area contributed by atoms with Crippen molar-refractivity contribution in [2.45, 2.75) is 20.8 Å². The van der Waals surface area contributed by atoms with Crippen LogP contribution in [0.2, 0.25) is 0 Å². The summed E-state index contributed by atoms with van der Waals surface area (Å²) in [6, 6.07) is 5.76. The summed E-state index contributed by atoms with van der Waals surface area (Å²) in [7, 11) is 0.917. The molecule has 0 bridgehead atoms. The molecule has 0 saturated heterocycles. The number of rotatable bonds is 8. The zero-order valence-corrected chi connectivity index (χ0v) is 15.3. The maximum atomic E-state index is 12.4. The van der Waals surface area contributed by atoms with Crippen LogP contribution in [0.3, 0.4) is 0 Å². The van der Waals surface area contributed by atoms with Crippen molar-refractivity contribution in [1.29, 1.82) is 0 Å². The number of amides is 1. The Morgan fingerprint density at radius 3 is 2.15 bits per heavy atom. The predicted octanol–water partition coefficient (Wildman–Crippen LogP) is 1.29. The van der Waals surface area contributed by atoms with Gasteiger partial charge in [-0.2, -0.15) is 0 Å². The summed E-state index contributed by atoms with van der Waals surface area (Å²) in [5, 5.41) is 2.22. The summed E-state index contributed by atoms with van der Waals surface area (Å²) in [6.45, 7) is 4.43. The molecule has 0 saturated carbocycles. The van der Waals surface area contributed by atoms with E-state index in [-0.39, 0.29) is 11.5 Å². The molecule has 8 nitrogen and oxygen atoms in total. The predicted molar refractivity (Wildman–Crippen MR) is 95.0 cm³/mol. The molecule has 0 aliphatic rings. The topological polar surface area (TPSA) is 124 Å². The minimum Gasteiger partial charge on any atom is -0.463 e. The van der Waals surface area contributed by atoms with Gasteiger partial charge in [0.1, 0.15) is 0 Å². The molecular weight excluding hydrogens is 354 g/mol. The van der Waals surface area contributed by atoms with E-state index in [1.807, 2.05) is 0 Å². The highest BCUT2D eigenvalue weighted by Gasteiger charge is 2.40. The van der Waals surface area contributed by atoms with E-state index in [0.29, 0.717) is 11.1 Å². The van der Waals surface area contributed by atoms with Crippen LogP contribution < -0.4 is 5.32 Å². The van der Waals surface area contributed by atoms with Gasteiger partial charge in [-0.15, -0.1) is 0 Å². The summed E-state index contributed by atoms with van der Waals surface area (Å²) < 4.78 is 4.26. The summed E-state index contributed by atoms with van der Waals surface area (Å²) in [5.41, 5.74) is 0.896. The minimum absolute atomic E-state index is 0.125. The lowest BCUT2D eigenvalue weighted by atomic mass is 9.92. The quantitative estimate of drug-likeness (QED) is 0.239. The van der Waals surface area contributed by atoms with Gasteiger partial charge in [0.15, 0.2) is 17.5 Å². The maximum Gasteiger partial charge on any atom is 0.375 e. The standard InChI is InChI=1S/C19H19NO7/c1-10(2)8-14(22)15(17(24)19(26)27-4)16(23)18(25)20-13-7-5-6-12(9-13)11(3)21/h5-9,15H,1-4H3,(H,20,25)/t15-/m0/s1. The van der Waals surface area contributed by atoms with Crippen LogP contribution in [0.15, 0.2) is 35.9 Å². The van der Waals surface area contributed by atoms with Crippen molar-refractivity contribution in [3.63, 3.8) is 0 Å². The van der Waals surface area contributed by atoms with Crippen LogP contribution in [0.5, 0.6) is 0 Å². The fourth-order valence-corrected chi connectivity index (χ4v) is 2.10. The lowest BCUT2D eigenvalue weighted by Crippen LogP contribution is -2.41. The molecule has 1 rings (SSSR count). The monoisotopic (exact) mass is 373 g/mol. The van der Waals surface area contributed by atoms with Crippen LogP contribution in [0.1, 0.15) is 31.1 Å². The van der Waals surface area contributed by atoms with E-state index in [1.54, 1.807) is 13.8 Å². The van der Waals surface area contributed by atoms with Crippen molar-refractivity contribution in [3.05, 3.63) is 41.5 Å². The molecule has 0 heterocycles. The molecule has 142 valence electrons. The molecule has 0 fully saturated rings. The first-order valence-corrected chi connectivity index (χ1v) is 7.85. The average Bonchev–Trinajstić information content (AvgIpc) is 2.60. The smallest absolute Gasteiger partial charge is 0.375 e. The second-order valence-electron chi connectivity index (χ2n) is 5.87. The van der Waals surface area contributed by atoms with Gasteiger partial charge in [0, 0.05) is 11.3 Å². The molecular formula is C19H19NO7. The number of hydrogen-bond acceptors (Lipinski definition) is 7. The number of hydrogen-bond donors (Lipinski definition) is 1. The third-order valence-electron chi connectivity index (χ3n) is 3.38. The first kappa shape index (κ1) is 21.6. The van der Waals surface area contributed by atoms with Crippen LogP contribution in [-0.2, 0) is 28.7 Å². The SMILES string of the molecule is COC(=O)C(=O)[C@@H](C(=O)C=C(C)C)C(=O)C(=O)Nc1cccc(C(C)=O)c1. The Hall–Kier alpha value is -3.42. The summed E-state index contributed by atoms with van der Waals surface area (Å²) >= 11 is 0. The lowest BCUT2D eigenvalue weighted by molar-refractivity contribution is -0.157. The molecule has 0 radical (unpaired) electrons. The highest BCUT2D eigenvalue weighted by atomic mass is 16.5. The summed E-state index contributed by atoms with van der Waals surface area (Å²) in [6.07, 6.45) is 0.993. The van der Waals surface area contributed by atoms with Gasteiger partial charge in [0.25, 0.3) is 11.7 Å². The van der Waals surface area contributed by atoms with Gasteiger partial charge in [-0.05, 0) is 39.0 Å². The van der Waals surface area contributed by atoms with E-state index in [2.05, 4.69) is 10.1 Å². The fraction of sp³-hybridized carbons (Fsp3) is 0.263. The second kappa shape index (κ2) is 9.33. The highest BCUT2D eigenvalue weighted by molar-refractivity contribution is 6.55. The van der Waals surface area contributed by atoms with Crippen LogP contribution in [0.4, 0.5) is 5.69 Å². The van der Waals surface area contributed by atoms with E-state index < -0.39 is 35.1 Å². The molecule has 0 spiro atoms. The molecule has 8 heteroatoms. The van der Waals surface area contributed by atoms with E-state index >= 15 is 0 Å². The van der Waals surface area contributed by atoms with Crippen LogP contribution in [0, 0.1) is 5.92 Å². The number of ketones is 4. The summed E-state index contributed by atoms with van der Waals surface area (Å²) in [4.78, 5) is 71.8. The number of carbonyl (C=O) groups excluding carboxylic acids is 6. The van der Waals surface area contributed by atoms with E-state index in [4.69, 9.17) is 0 Å². The largest absolute Gasteiger partial charge is 0.463 e. The van der Waals surface area contributed by atoms with Crippen LogP contribution in [0.25, 0.3) is 0 Å². The number of Topliss-reactive ketones (excluding diaryl/α,β-unsaturated/α-hetero) is 3. The molecule has 1 amide bonds. The van der Waals surface area contributed by atoms with Gasteiger partial charge in [0.05, 0.1) is 7.11 Å². The van der Waals surface area contributed by atoms with Crippen molar-refractivity contribution in [2.75, 3.05) is 12.4 Å². The normalized spacial score (nSPS) is 11.0. The molecule has 0 aliphatic heterocycles. The maximum absolute atomic E-state index is 12.4. The van der Waals surface area contributed by atoms with Crippen molar-refractivity contribution >= 4 is 40.7 Å². The molecule has 27 heavy (non-hydrogen) atoms. The molecule has 0 aromatic heterocycles. The molecule has 0 unspecified atom stereocenters. The summed E-state index contributed by atoms with van der Waals surface area (Å²) in [5.74, 6) is -8.90. The Balaban J connectivity index is 3.15. The number of esters is 1. The van der Waals surface area contributed by atoms with Crippen LogP contribution in [-0.4, -0.2) is 42.1 Å². The Bertz CT molecular complexity index is 847. The van der Waals surface area contributed by atoms with Gasteiger partial charge in [-0.3, -0.25) is 24.0 Å². The molecule has 1 N–H and O–H groups in total. The zero-order chi connectivity index (χ0) is 20.7. The number of methoxy groups -OCH3 is 1. The average molecular weight is 373 g/mol. The highest BCUT2D eigenvalue weighted by Crippen LogP contribution is 2.13. The van der Waals surface area contributed by atoms with Gasteiger partial charge >= 0.3 is 5.97 Å².